The van der Waals surface area contributed by atoms with E-state index in [-0.39, 0.29) is 12.6 Å². The summed E-state index contributed by atoms with van der Waals surface area (Å²) in [4.78, 5) is 10.6. The largest absolute Gasteiger partial charge is 0.460 e. The van der Waals surface area contributed by atoms with E-state index in [0.717, 1.165) is 12.8 Å². The summed E-state index contributed by atoms with van der Waals surface area (Å²) in [5.41, 5.74) is 0. The van der Waals surface area contributed by atoms with Gasteiger partial charge in [0.25, 0.3) is 0 Å². The van der Waals surface area contributed by atoms with Crippen molar-refractivity contribution >= 4 is 5.97 Å². The van der Waals surface area contributed by atoms with Gasteiger partial charge in [0.15, 0.2) is 6.29 Å². The van der Waals surface area contributed by atoms with Gasteiger partial charge in [-0.05, 0) is 12.8 Å². The van der Waals surface area contributed by atoms with E-state index in [1.165, 1.54) is 6.92 Å². The maximum Gasteiger partial charge on any atom is 0.302 e. The van der Waals surface area contributed by atoms with Gasteiger partial charge in [0.1, 0.15) is 6.61 Å². The zero-order valence-corrected chi connectivity index (χ0v) is 9.25. The first-order valence-corrected chi connectivity index (χ1v) is 5.07. The Bertz CT molecular complexity index is 139. The van der Waals surface area contributed by atoms with Crippen molar-refractivity contribution in [2.45, 2.75) is 39.9 Å². The highest BCUT2D eigenvalue weighted by molar-refractivity contribution is 5.65. The Kier molecular flexibility index (Phi) is 8.57. The monoisotopic (exact) mass is 204 g/mol. The fraction of sp³-hybridized carbons (Fsp3) is 0.900. The lowest BCUT2D eigenvalue weighted by atomic mass is 10.5. The lowest BCUT2D eigenvalue weighted by Gasteiger charge is -2.17. The molecule has 0 aliphatic carbocycles. The minimum atomic E-state index is -0.418. The third-order valence-electron chi connectivity index (χ3n) is 1.44. The number of rotatable bonds is 8. The first kappa shape index (κ1) is 13.4. The van der Waals surface area contributed by atoms with Gasteiger partial charge in [-0.25, -0.2) is 0 Å². The lowest BCUT2D eigenvalue weighted by Crippen LogP contribution is -2.25. The van der Waals surface area contributed by atoms with Crippen LogP contribution >= 0.6 is 0 Å². The molecule has 0 unspecified atom stereocenters. The molecule has 0 aliphatic heterocycles. The Morgan fingerprint density at radius 3 is 2.00 bits per heavy atom. The minimum absolute atomic E-state index is 0.176. The van der Waals surface area contributed by atoms with Crippen LogP contribution in [0.15, 0.2) is 0 Å². The molecule has 0 atom stereocenters. The first-order chi connectivity index (χ1) is 6.70. The maximum absolute atomic E-state index is 10.6. The van der Waals surface area contributed by atoms with E-state index in [1.54, 1.807) is 0 Å². The molecule has 0 aliphatic rings. The lowest BCUT2D eigenvalue weighted by molar-refractivity contribution is -0.181. The molecule has 4 heteroatoms. The van der Waals surface area contributed by atoms with Crippen molar-refractivity contribution in [3.8, 4) is 0 Å². The van der Waals surface area contributed by atoms with E-state index < -0.39 is 6.29 Å². The zero-order valence-electron chi connectivity index (χ0n) is 9.25. The summed E-state index contributed by atoms with van der Waals surface area (Å²) < 4.78 is 15.5. The molecule has 0 spiro atoms. The molecule has 0 bridgehead atoms. The first-order valence-electron chi connectivity index (χ1n) is 5.07. The average Bonchev–Trinajstić information content (AvgIpc) is 2.16. The quantitative estimate of drug-likeness (QED) is 0.446. The molecule has 0 aromatic heterocycles. The number of carbonyl (C=O) groups excluding carboxylic acids is 1. The molecule has 0 saturated heterocycles. The molecule has 0 rings (SSSR count). The van der Waals surface area contributed by atoms with Gasteiger partial charge in [0.2, 0.25) is 0 Å². The molecule has 0 fully saturated rings. The van der Waals surface area contributed by atoms with Crippen LogP contribution < -0.4 is 0 Å². The topological polar surface area (TPSA) is 44.8 Å². The number of hydrogen-bond acceptors (Lipinski definition) is 4. The van der Waals surface area contributed by atoms with E-state index in [0.29, 0.717) is 13.2 Å². The Balaban J connectivity index is 3.65. The third-order valence-corrected chi connectivity index (χ3v) is 1.44. The van der Waals surface area contributed by atoms with E-state index in [4.69, 9.17) is 14.2 Å². The summed E-state index contributed by atoms with van der Waals surface area (Å²) in [6.45, 7) is 6.82. The Morgan fingerprint density at radius 2 is 1.64 bits per heavy atom. The van der Waals surface area contributed by atoms with Gasteiger partial charge in [0.05, 0.1) is 0 Å². The van der Waals surface area contributed by atoms with E-state index >= 15 is 0 Å². The zero-order chi connectivity index (χ0) is 10.8. The molecular formula is C10H20O4. The Labute approximate surface area is 85.5 Å². The highest BCUT2D eigenvalue weighted by Gasteiger charge is 2.10. The highest BCUT2D eigenvalue weighted by atomic mass is 16.7. The fourth-order valence-electron chi connectivity index (χ4n) is 0.828. The average molecular weight is 204 g/mol. The number of ether oxygens (including phenoxy) is 3. The van der Waals surface area contributed by atoms with Gasteiger partial charge in [-0.15, -0.1) is 0 Å². The summed E-state index contributed by atoms with van der Waals surface area (Å²) in [7, 11) is 0. The smallest absolute Gasteiger partial charge is 0.302 e. The number of carbonyl (C=O) groups is 1. The molecule has 0 N–H and O–H groups in total. The molecule has 4 nitrogen and oxygen atoms in total. The number of esters is 1. The van der Waals surface area contributed by atoms with Gasteiger partial charge < -0.3 is 14.2 Å². The molecule has 0 heterocycles. The second kappa shape index (κ2) is 8.97. The van der Waals surface area contributed by atoms with Crippen molar-refractivity contribution in [1.29, 1.82) is 0 Å². The van der Waals surface area contributed by atoms with Crippen molar-refractivity contribution in [2.75, 3.05) is 19.8 Å². The molecule has 14 heavy (non-hydrogen) atoms. The van der Waals surface area contributed by atoms with Crippen molar-refractivity contribution in [3.63, 3.8) is 0 Å². The van der Waals surface area contributed by atoms with Gasteiger partial charge in [-0.2, -0.15) is 0 Å². The predicted octanol–water partition coefficient (Wildman–Crippen LogP) is 1.73. The standard InChI is InChI=1S/C10H20O4/c1-4-6-12-10(13-7-5-2)8-14-9(3)11/h10H,4-8H2,1-3H3. The molecule has 0 aromatic carbocycles. The van der Waals surface area contributed by atoms with Crippen LogP contribution in [0, 0.1) is 0 Å². The van der Waals surface area contributed by atoms with Gasteiger partial charge in [-0.3, -0.25) is 4.79 Å². The van der Waals surface area contributed by atoms with Crippen LogP contribution in [0.2, 0.25) is 0 Å². The molecule has 0 amide bonds. The third kappa shape index (κ3) is 8.01. The Morgan fingerprint density at radius 1 is 1.14 bits per heavy atom. The van der Waals surface area contributed by atoms with Crippen LogP contribution in [-0.4, -0.2) is 32.1 Å². The van der Waals surface area contributed by atoms with Crippen LogP contribution in [0.4, 0.5) is 0 Å². The SMILES string of the molecule is CCCOC(COC(C)=O)OCCC. The molecular weight excluding hydrogens is 184 g/mol. The summed E-state index contributed by atoms with van der Waals surface area (Å²) in [6.07, 6.45) is 1.43. The predicted molar refractivity (Wildman–Crippen MR) is 52.9 cm³/mol. The number of hydrogen-bond donors (Lipinski definition) is 0. The van der Waals surface area contributed by atoms with Gasteiger partial charge >= 0.3 is 5.97 Å². The normalized spacial score (nSPS) is 10.6. The second-order valence-electron chi connectivity index (χ2n) is 2.97. The van der Waals surface area contributed by atoms with E-state index in [9.17, 15) is 4.79 Å². The van der Waals surface area contributed by atoms with Crippen molar-refractivity contribution in [2.24, 2.45) is 0 Å². The van der Waals surface area contributed by atoms with Crippen LogP contribution in [0.25, 0.3) is 0 Å². The summed E-state index contributed by atoms with van der Waals surface area (Å²) in [5, 5.41) is 0. The summed E-state index contributed by atoms with van der Waals surface area (Å²) >= 11 is 0. The van der Waals surface area contributed by atoms with Gasteiger partial charge in [0, 0.05) is 20.1 Å². The van der Waals surface area contributed by atoms with Crippen molar-refractivity contribution in [3.05, 3.63) is 0 Å². The summed E-state index contributed by atoms with van der Waals surface area (Å²) in [5.74, 6) is -0.310. The van der Waals surface area contributed by atoms with E-state index in [2.05, 4.69) is 0 Å². The van der Waals surface area contributed by atoms with Crippen LogP contribution in [0.1, 0.15) is 33.6 Å². The van der Waals surface area contributed by atoms with E-state index in [1.807, 2.05) is 13.8 Å². The molecule has 84 valence electrons. The highest BCUT2D eigenvalue weighted by Crippen LogP contribution is 1.99. The molecule has 0 saturated carbocycles. The van der Waals surface area contributed by atoms with Crippen LogP contribution in [-0.2, 0) is 19.0 Å². The second-order valence-corrected chi connectivity index (χ2v) is 2.97. The fourth-order valence-corrected chi connectivity index (χ4v) is 0.828. The van der Waals surface area contributed by atoms with Crippen molar-refractivity contribution < 1.29 is 19.0 Å². The van der Waals surface area contributed by atoms with Crippen LogP contribution in [0.5, 0.6) is 0 Å². The maximum atomic E-state index is 10.6. The summed E-state index contributed by atoms with van der Waals surface area (Å²) in [6, 6.07) is 0. The molecule has 0 aromatic rings. The minimum Gasteiger partial charge on any atom is -0.460 e. The van der Waals surface area contributed by atoms with Crippen molar-refractivity contribution in [1.82, 2.24) is 0 Å². The van der Waals surface area contributed by atoms with Crippen LogP contribution in [0.3, 0.4) is 0 Å². The molecule has 0 radical (unpaired) electrons. The van der Waals surface area contributed by atoms with Gasteiger partial charge in [-0.1, -0.05) is 13.8 Å². The Hall–Kier alpha value is -0.610.